The summed E-state index contributed by atoms with van der Waals surface area (Å²) in [6.45, 7) is 4.82. The smallest absolute Gasteiger partial charge is 0.255 e. The van der Waals surface area contributed by atoms with Crippen molar-refractivity contribution in [3.05, 3.63) is 59.2 Å². The lowest BCUT2D eigenvalue weighted by Crippen LogP contribution is -2.23. The highest BCUT2D eigenvalue weighted by Gasteiger charge is 2.14. The Balaban J connectivity index is 2.12. The van der Waals surface area contributed by atoms with Gasteiger partial charge in [-0.3, -0.25) is 4.79 Å². The molecule has 4 nitrogen and oxygen atoms in total. The van der Waals surface area contributed by atoms with Gasteiger partial charge in [0.25, 0.3) is 5.91 Å². The van der Waals surface area contributed by atoms with Gasteiger partial charge in [0.05, 0.1) is 17.9 Å². The van der Waals surface area contributed by atoms with Crippen LogP contribution in [0.5, 0.6) is 5.75 Å². The maximum Gasteiger partial charge on any atom is 0.255 e. The first-order valence-electron chi connectivity index (χ1n) is 6.97. The van der Waals surface area contributed by atoms with E-state index in [-0.39, 0.29) is 5.91 Å². The monoisotopic (exact) mass is 284 g/mol. The lowest BCUT2D eigenvalue weighted by atomic mass is 10.1. The molecule has 0 heterocycles. The molecule has 0 aliphatic rings. The Bertz CT molecular complexity index is 638. The van der Waals surface area contributed by atoms with Gasteiger partial charge in [-0.15, -0.1) is 0 Å². The van der Waals surface area contributed by atoms with Crippen molar-refractivity contribution in [2.75, 3.05) is 12.3 Å². The summed E-state index contributed by atoms with van der Waals surface area (Å²) in [6, 6.07) is 13.2. The average Bonchev–Trinajstić information content (AvgIpc) is 2.47. The maximum absolute atomic E-state index is 12.3. The van der Waals surface area contributed by atoms with Crippen LogP contribution in [-0.4, -0.2) is 12.5 Å². The molecule has 0 atom stereocenters. The minimum Gasteiger partial charge on any atom is -0.491 e. The molecule has 0 aromatic heterocycles. The Morgan fingerprint density at radius 1 is 1.24 bits per heavy atom. The van der Waals surface area contributed by atoms with Crippen molar-refractivity contribution in [1.82, 2.24) is 5.32 Å². The van der Waals surface area contributed by atoms with E-state index >= 15 is 0 Å². The van der Waals surface area contributed by atoms with E-state index < -0.39 is 0 Å². The minimum absolute atomic E-state index is 0.188. The van der Waals surface area contributed by atoms with Crippen LogP contribution < -0.4 is 15.8 Å². The number of hydrogen-bond acceptors (Lipinski definition) is 3. The second-order valence-electron chi connectivity index (χ2n) is 4.83. The van der Waals surface area contributed by atoms with E-state index in [1.807, 2.05) is 38.1 Å². The number of nitrogen functional groups attached to an aromatic ring is 1. The molecule has 2 rings (SSSR count). The molecule has 0 unspecified atom stereocenters. The number of para-hydroxylation sites is 1. The number of aryl methyl sites for hydroxylation is 1. The first kappa shape index (κ1) is 14.9. The first-order valence-corrected chi connectivity index (χ1v) is 6.97. The molecule has 110 valence electrons. The Hall–Kier alpha value is -2.49. The highest BCUT2D eigenvalue weighted by Crippen LogP contribution is 2.26. The number of benzene rings is 2. The van der Waals surface area contributed by atoms with Gasteiger partial charge in [-0.25, -0.2) is 0 Å². The third-order valence-electron chi connectivity index (χ3n) is 3.11. The highest BCUT2D eigenvalue weighted by molar-refractivity contribution is 5.98. The number of amides is 1. The SMILES string of the molecule is CCOc1c(N)cccc1C(=O)NCc1cccc(C)c1. The summed E-state index contributed by atoms with van der Waals surface area (Å²) in [4.78, 5) is 12.3. The van der Waals surface area contributed by atoms with Crippen molar-refractivity contribution in [2.24, 2.45) is 0 Å². The van der Waals surface area contributed by atoms with Crippen molar-refractivity contribution in [3.8, 4) is 5.75 Å². The molecule has 2 aromatic carbocycles. The fourth-order valence-electron chi connectivity index (χ4n) is 2.14. The molecule has 3 N–H and O–H groups in total. The lowest BCUT2D eigenvalue weighted by Gasteiger charge is -2.12. The Labute approximate surface area is 124 Å². The fraction of sp³-hybridized carbons (Fsp3) is 0.235. The second-order valence-corrected chi connectivity index (χ2v) is 4.83. The molecule has 21 heavy (non-hydrogen) atoms. The predicted octanol–water partition coefficient (Wildman–Crippen LogP) is 2.91. The third-order valence-corrected chi connectivity index (χ3v) is 3.11. The molecule has 0 aliphatic heterocycles. The quantitative estimate of drug-likeness (QED) is 0.830. The molecular weight excluding hydrogens is 264 g/mol. The van der Waals surface area contributed by atoms with Gasteiger partial charge in [0.2, 0.25) is 0 Å². The summed E-state index contributed by atoms with van der Waals surface area (Å²) < 4.78 is 5.47. The number of carbonyl (C=O) groups is 1. The maximum atomic E-state index is 12.3. The summed E-state index contributed by atoms with van der Waals surface area (Å²) in [5.41, 5.74) is 9.03. The fourth-order valence-corrected chi connectivity index (χ4v) is 2.14. The van der Waals surface area contributed by atoms with Crippen LogP contribution in [0, 0.1) is 6.92 Å². The molecule has 0 radical (unpaired) electrons. The molecule has 0 fully saturated rings. The molecule has 2 aromatic rings. The first-order chi connectivity index (χ1) is 10.1. The van der Waals surface area contributed by atoms with E-state index in [1.54, 1.807) is 18.2 Å². The van der Waals surface area contributed by atoms with Crippen molar-refractivity contribution in [3.63, 3.8) is 0 Å². The number of nitrogens with one attached hydrogen (secondary N) is 1. The standard InChI is InChI=1S/C17H20N2O2/c1-3-21-16-14(8-5-9-15(16)18)17(20)19-11-13-7-4-6-12(2)10-13/h4-10H,3,11,18H2,1-2H3,(H,19,20). The van der Waals surface area contributed by atoms with Gasteiger partial charge in [-0.1, -0.05) is 35.9 Å². The van der Waals surface area contributed by atoms with Crippen LogP contribution >= 0.6 is 0 Å². The largest absolute Gasteiger partial charge is 0.491 e. The molecule has 0 bridgehead atoms. The number of rotatable bonds is 5. The van der Waals surface area contributed by atoms with Gasteiger partial charge in [-0.05, 0) is 31.5 Å². The highest BCUT2D eigenvalue weighted by atomic mass is 16.5. The summed E-state index contributed by atoms with van der Waals surface area (Å²) in [5, 5.41) is 2.89. The van der Waals surface area contributed by atoms with E-state index in [1.165, 1.54) is 5.56 Å². The van der Waals surface area contributed by atoms with Gasteiger partial charge in [0.1, 0.15) is 0 Å². The minimum atomic E-state index is -0.188. The summed E-state index contributed by atoms with van der Waals surface area (Å²) in [5.74, 6) is 0.258. The van der Waals surface area contributed by atoms with E-state index in [0.717, 1.165) is 5.56 Å². The van der Waals surface area contributed by atoms with E-state index in [0.29, 0.717) is 30.2 Å². The number of hydrogen-bond donors (Lipinski definition) is 2. The predicted molar refractivity (Wildman–Crippen MR) is 84.4 cm³/mol. The molecule has 0 spiro atoms. The van der Waals surface area contributed by atoms with Gasteiger partial charge in [-0.2, -0.15) is 0 Å². The van der Waals surface area contributed by atoms with Crippen LogP contribution in [0.25, 0.3) is 0 Å². The van der Waals surface area contributed by atoms with E-state index in [2.05, 4.69) is 5.32 Å². The lowest BCUT2D eigenvalue weighted by molar-refractivity contribution is 0.0947. The summed E-state index contributed by atoms with van der Waals surface area (Å²) in [7, 11) is 0. The van der Waals surface area contributed by atoms with Gasteiger partial charge in [0.15, 0.2) is 5.75 Å². The Morgan fingerprint density at radius 2 is 2.00 bits per heavy atom. The van der Waals surface area contributed by atoms with Gasteiger partial charge in [0, 0.05) is 6.54 Å². The van der Waals surface area contributed by atoms with Crippen molar-refractivity contribution in [2.45, 2.75) is 20.4 Å². The van der Waals surface area contributed by atoms with Crippen LogP contribution in [0.1, 0.15) is 28.4 Å². The zero-order chi connectivity index (χ0) is 15.2. The van der Waals surface area contributed by atoms with Crippen LogP contribution in [0.3, 0.4) is 0 Å². The van der Waals surface area contributed by atoms with Crippen molar-refractivity contribution in [1.29, 1.82) is 0 Å². The second kappa shape index (κ2) is 6.79. The van der Waals surface area contributed by atoms with E-state index in [9.17, 15) is 4.79 Å². The third kappa shape index (κ3) is 3.75. The van der Waals surface area contributed by atoms with Crippen LogP contribution in [0.2, 0.25) is 0 Å². The number of anilines is 1. The Kier molecular flexibility index (Phi) is 4.82. The molecule has 1 amide bonds. The summed E-state index contributed by atoms with van der Waals surface area (Å²) >= 11 is 0. The van der Waals surface area contributed by atoms with Crippen molar-refractivity contribution < 1.29 is 9.53 Å². The summed E-state index contributed by atoms with van der Waals surface area (Å²) in [6.07, 6.45) is 0. The normalized spacial score (nSPS) is 10.2. The Morgan fingerprint density at radius 3 is 2.71 bits per heavy atom. The topological polar surface area (TPSA) is 64.3 Å². The molecule has 0 saturated heterocycles. The molecule has 4 heteroatoms. The van der Waals surface area contributed by atoms with Gasteiger partial charge < -0.3 is 15.8 Å². The van der Waals surface area contributed by atoms with Crippen LogP contribution in [0.4, 0.5) is 5.69 Å². The number of carbonyl (C=O) groups excluding carboxylic acids is 1. The zero-order valence-corrected chi connectivity index (χ0v) is 12.3. The van der Waals surface area contributed by atoms with E-state index in [4.69, 9.17) is 10.5 Å². The van der Waals surface area contributed by atoms with Crippen molar-refractivity contribution >= 4 is 11.6 Å². The number of nitrogens with two attached hydrogens (primary N) is 1. The molecule has 0 aliphatic carbocycles. The van der Waals surface area contributed by atoms with Gasteiger partial charge >= 0.3 is 0 Å². The number of ether oxygens (including phenoxy) is 1. The van der Waals surface area contributed by atoms with Crippen LogP contribution in [0.15, 0.2) is 42.5 Å². The average molecular weight is 284 g/mol. The zero-order valence-electron chi connectivity index (χ0n) is 12.3. The van der Waals surface area contributed by atoms with Crippen LogP contribution in [-0.2, 0) is 6.54 Å². The molecular formula is C17H20N2O2. The molecule has 0 saturated carbocycles.